The zero-order valence-electron chi connectivity index (χ0n) is 82.3. The van der Waals surface area contributed by atoms with Crippen LogP contribution in [-0.2, 0) is 65.9 Å². The molecule has 816 valence electrons. The number of terminal acetylenes is 2. The molecular formula is C115H177N8O21PSi2. The monoisotopic (exact) mass is 2090 g/mol. The van der Waals surface area contributed by atoms with Crippen molar-refractivity contribution in [2.75, 3.05) is 45.9 Å². The number of phosphoric acid groups is 1. The van der Waals surface area contributed by atoms with Crippen LogP contribution < -0.4 is 41.1 Å². The molecule has 9 atom stereocenters. The largest absolute Gasteiger partial charge is 0.497 e. The molecule has 147 heavy (non-hydrogen) atoms. The molecule has 2 aliphatic heterocycles. The van der Waals surface area contributed by atoms with Gasteiger partial charge in [-0.1, -0.05) is 110 Å². The number of Topliss-reactive ketones (excluding diaryl/α,β-unsaturated/α-hetero) is 1. The number of benzene rings is 4. The number of ketones is 1. The second-order valence-corrected chi connectivity index (χ2v) is 45.0. The van der Waals surface area contributed by atoms with Crippen molar-refractivity contribution in [2.45, 2.75) is 166 Å². The molecule has 0 saturated carbocycles. The fraction of sp³-hybridized carbons (Fsp3) is 0.287. The van der Waals surface area contributed by atoms with Crippen LogP contribution in [0.15, 0.2) is 130 Å². The fourth-order valence-corrected chi connectivity index (χ4v) is 16.6. The maximum absolute atomic E-state index is 16.9. The molecule has 0 spiro atoms. The molecule has 2 saturated heterocycles. The number of ether oxygens (including phenoxy) is 8. The van der Waals surface area contributed by atoms with Gasteiger partial charge in [-0.05, 0) is 191 Å². The number of anilines is 1. The second kappa shape index (κ2) is 55.1. The molecule has 2 fully saturated rings. The number of carbonyl (C=O) groups excluding carboxylic acids is 4. The van der Waals surface area contributed by atoms with Crippen LogP contribution in [0.5, 0.6) is 23.0 Å². The Morgan fingerprint density at radius 3 is 1.39 bits per heavy atom. The van der Waals surface area contributed by atoms with Gasteiger partial charge >= 0.3 is 19.5 Å². The van der Waals surface area contributed by atoms with Crippen LogP contribution in [0.2, 0.25) is 36.3 Å². The number of aromatic amines is 1. The number of fused-ring (bicyclic) bond motifs is 1. The highest BCUT2D eigenvalue weighted by atomic mass is 31.2. The lowest BCUT2D eigenvalue weighted by atomic mass is 9.80. The number of carbonyl (C=O) groups is 4. The number of rotatable bonds is 31. The molecule has 9 rings (SSSR count). The molecular weight excluding hydrogens is 1920 g/mol. The van der Waals surface area contributed by atoms with E-state index >= 15 is 14.2 Å². The van der Waals surface area contributed by atoms with E-state index in [2.05, 4.69) is 269 Å². The first-order valence-corrected chi connectivity index (χ1v) is 51.6. The number of aromatic nitrogens is 6. The lowest BCUT2D eigenvalue weighted by Crippen LogP contribution is -2.51. The maximum atomic E-state index is 16.9. The molecule has 3 aromatic heterocycles. The van der Waals surface area contributed by atoms with Gasteiger partial charge in [0.1, 0.15) is 83.7 Å². The van der Waals surface area contributed by atoms with E-state index in [4.69, 9.17) is 84.7 Å². The number of H-pyrrole nitrogens is 1. The molecule has 29 nitrogen and oxygen atoms in total. The van der Waals surface area contributed by atoms with Crippen LogP contribution in [0.3, 0.4) is 0 Å². The lowest BCUT2D eigenvalue weighted by molar-refractivity contribution is -0.156. The second-order valence-electron chi connectivity index (χ2n) is 33.8. The summed E-state index contributed by atoms with van der Waals surface area (Å²) in [4.78, 5) is 116. The Hall–Kier alpha value is -18.5. The van der Waals surface area contributed by atoms with E-state index < -0.39 is 174 Å². The van der Waals surface area contributed by atoms with Gasteiger partial charge in [0.2, 0.25) is 18.4 Å². The number of esters is 1. The lowest BCUT2D eigenvalue weighted by Gasteiger charge is -2.41. The van der Waals surface area contributed by atoms with E-state index in [1.807, 2.05) is 122 Å². The smallest absolute Gasteiger partial charge is 0.475 e. The molecule has 5 heterocycles. The summed E-state index contributed by atoms with van der Waals surface area (Å²) in [7, 11) is -8.95. The van der Waals surface area contributed by atoms with Gasteiger partial charge in [0.25, 0.3) is 17.0 Å². The van der Waals surface area contributed by atoms with Crippen LogP contribution in [0, 0.1) is 274 Å². The maximum Gasteiger partial charge on any atom is 0.475 e. The van der Waals surface area contributed by atoms with Crippen LogP contribution in [0.1, 0.15) is 177 Å². The van der Waals surface area contributed by atoms with E-state index in [-0.39, 0.29) is 102 Å². The van der Waals surface area contributed by atoms with Crippen molar-refractivity contribution < 1.29 is 147 Å². The normalized spacial score (nSPS) is 15.4. The standard InChI is InChI=1S/C115H89N8O21PSi2.44H2/c1-19-21-23-25-27-29-31-33-35-37-39-41-43-45-47-49-51-53-55-60-77-134-94-80-88(81-95(82-94)135-78-61-56-54-52-50-48-46-44-42-40-38-36-34-32-30-28-26-24-22-20-2)108(129)123-98(125)74-76-121(112(123)130)109-103(143-146(15,16)113(6,7)8)101(141-99(126)73-64-87(5)124)97(140-109)84-138-145(131,137-79-75-116-12)142-102-96(83-136-115(89-62-58-57-59-63-89,90-65-69-92(132-13)70-66-90)91-67-71-93(133-14)72-68-91)139-110(104(102)144-147(17,18)114(9,10)11)122-85-117-100-105(122)118-111(120-107(100)128)119-106(127)86(3)4;;;;;;;;;;;;;;;;;;;;;;;;;;;;;;;;;;;;;;;;;;;;/h1-2,57-59,62-63,65-72,74,76,80-82,85-86,96-97,101-104,109-110H,64,73,75,79,83-84H2,3-11,13-18H3,(H2,118,119,120,127,128);44*1H/t96-,97-,101+,102+,103?,104?,109-,110-,145?;;;;;;;;;;;;;;;;;;;;;;;;;;;;;;;;;;;;;;;;;;;;/m1............................................/s1. The van der Waals surface area contributed by atoms with Crippen LogP contribution in [0.25, 0.3) is 16.0 Å². The van der Waals surface area contributed by atoms with Crippen molar-refractivity contribution in [2.24, 2.45) is 5.92 Å². The Morgan fingerprint density at radius 2 is 0.966 bits per heavy atom. The Bertz CT molecular complexity index is 7990. The molecule has 32 heteroatoms. The van der Waals surface area contributed by atoms with Crippen molar-refractivity contribution in [3.8, 4) is 285 Å². The van der Waals surface area contributed by atoms with Gasteiger partial charge in [0.05, 0.1) is 40.2 Å². The molecule has 4 aromatic carbocycles. The average Bonchev–Trinajstić information content (AvgIpc) is 1.56. The number of phosphoric ester groups is 1. The van der Waals surface area contributed by atoms with Crippen LogP contribution in [-0.4, -0.2) is 146 Å². The highest BCUT2D eigenvalue weighted by Gasteiger charge is 2.58. The summed E-state index contributed by atoms with van der Waals surface area (Å²) in [5.41, 5.74) is -3.90. The van der Waals surface area contributed by atoms with Gasteiger partial charge in [0.15, 0.2) is 46.4 Å². The first-order valence-electron chi connectivity index (χ1n) is 44.3. The third-order valence-corrected chi connectivity index (χ3v) is 32.1. The highest BCUT2D eigenvalue weighted by Crippen LogP contribution is 2.56. The molecule has 1 amide bonds. The Morgan fingerprint density at radius 1 is 0.544 bits per heavy atom. The van der Waals surface area contributed by atoms with Crippen molar-refractivity contribution in [1.82, 2.24) is 28.7 Å². The Labute approximate surface area is 921 Å². The van der Waals surface area contributed by atoms with E-state index in [9.17, 15) is 24.0 Å². The Balaban J connectivity index is -0.000000161. The summed E-state index contributed by atoms with van der Waals surface area (Å²) < 4.78 is 105. The van der Waals surface area contributed by atoms with Crippen molar-refractivity contribution in [1.29, 1.82) is 0 Å². The number of hydrogen-bond donors (Lipinski definition) is 2. The zero-order valence-corrected chi connectivity index (χ0v) is 85.2. The molecule has 0 bridgehead atoms. The number of nitrogens with one attached hydrogen (secondary N) is 2. The Kier molecular flexibility index (Phi) is 42.0. The van der Waals surface area contributed by atoms with Gasteiger partial charge < -0.3 is 56.4 Å². The van der Waals surface area contributed by atoms with Crippen LogP contribution in [0.4, 0.5) is 5.95 Å². The summed E-state index contributed by atoms with van der Waals surface area (Å²) in [6, 6.07) is 28.0. The highest BCUT2D eigenvalue weighted by molar-refractivity contribution is 7.48. The topological polar surface area (TPSA) is 329 Å². The molecule has 2 N–H and O–H groups in total. The third-order valence-electron chi connectivity index (χ3n) is 21.7. The molecule has 2 aliphatic rings. The number of methoxy groups -OCH3 is 2. The number of hydrogen-bond acceptors (Lipinski definition) is 23. The minimum Gasteiger partial charge on any atom is -0.497 e. The predicted molar refractivity (Wildman–Crippen MR) is 646 cm³/mol. The minimum atomic E-state index is -5.45. The first kappa shape index (κ1) is 112. The van der Waals surface area contributed by atoms with Gasteiger partial charge in [-0.25, -0.2) is 20.9 Å². The van der Waals surface area contributed by atoms with Crippen LogP contribution >= 0.6 is 7.82 Å². The van der Waals surface area contributed by atoms with Crippen molar-refractivity contribution in [3.63, 3.8) is 0 Å². The quantitative estimate of drug-likeness (QED) is 0.00775. The summed E-state index contributed by atoms with van der Waals surface area (Å²) in [6.45, 7) is 29.1. The predicted octanol–water partition coefficient (Wildman–Crippen LogP) is 21.6. The van der Waals surface area contributed by atoms with Gasteiger partial charge in [-0.2, -0.15) is 9.55 Å². The molecule has 7 aromatic rings. The zero-order chi connectivity index (χ0) is 106. The van der Waals surface area contributed by atoms with Gasteiger partial charge in [0, 0.05) is 241 Å². The summed E-state index contributed by atoms with van der Waals surface area (Å²) >= 11 is 0. The van der Waals surface area contributed by atoms with Gasteiger partial charge in [-0.3, -0.25) is 57.0 Å². The number of amides is 1. The fourth-order valence-electron chi connectivity index (χ4n) is 12.7. The van der Waals surface area contributed by atoms with E-state index in [0.29, 0.717) is 28.2 Å². The minimum absolute atomic E-state index is 0. The average molecular weight is 2090 g/mol. The summed E-state index contributed by atoms with van der Waals surface area (Å²) in [5.74, 6) is 94.6. The number of nitrogens with zero attached hydrogens (tertiary/aromatic N) is 6. The summed E-state index contributed by atoms with van der Waals surface area (Å²) in [5, 5.41) is 1.33. The first-order chi connectivity index (χ1) is 70.5. The van der Waals surface area contributed by atoms with Crippen molar-refractivity contribution >= 4 is 65.1 Å². The van der Waals surface area contributed by atoms with E-state index in [1.165, 1.54) is 38.1 Å². The third kappa shape index (κ3) is 32.8. The molecule has 0 aliphatic carbocycles. The van der Waals surface area contributed by atoms with Gasteiger partial charge in [-0.15, -0.1) is 12.8 Å². The number of imidazole rings is 1. The SMILES string of the molecule is [C-]#[N+]CCOP(=O)(OC[C@H]1O[C@@H](n2ccc(=O)n(C(=O)c3cc(OC#CC#CC#CC#CC#CC#CC#CC#CC#CC#CC#C)cc(OC#CC#CC#CC#CC#CC#CC#CC#CC#CC#CC#C)c3)c2=O)C(O[Si](C)(C)C(C)(C)C)[C@H]1OC(=O)CCC(C)=O)O[C@@H]1C(O[Si](C)(C)C(C)(C)C)[C@H](n2cnc3c(=O)[nH]c(NC(=O)C(C)C)nc32)O[C@@H]1COC(c1ccccc1)(c1ccc(OC)cc1)c1ccc(OC)cc1.[HH].[HH].[HH].[HH].[HH].[HH].[HH].[HH].[HH].[HH].[HH].[HH].[HH].[HH].[HH].[HH].[HH].[HH].[HH].[HH].[HH].[HH].[HH].[HH].[HH].[HH].[HH].[HH].[HH].[HH].[HH].[HH].[HH].[HH].[HH].[HH].[HH].[HH].[HH].[HH].[HH].[HH].[HH].[HH]. The molecule has 0 radical (unpaired) electrons. The summed E-state index contributed by atoms with van der Waals surface area (Å²) in [6.07, 6.45) is 3.24. The van der Waals surface area contributed by atoms with E-state index in [0.717, 1.165) is 29.0 Å². The van der Waals surface area contributed by atoms with E-state index in [1.54, 1.807) is 38.1 Å². The molecule has 3 unspecified atom stereocenters. The van der Waals surface area contributed by atoms with Crippen molar-refractivity contribution in [3.05, 3.63) is 181 Å².